The van der Waals surface area contributed by atoms with Crippen LogP contribution in [0.1, 0.15) is 20.3 Å². The summed E-state index contributed by atoms with van der Waals surface area (Å²) in [5.74, 6) is 1.11. The number of carbonyl (C=O) groups excluding carboxylic acids is 1. The number of fused-ring (bicyclic) bond motifs is 1. The molecule has 8 nitrogen and oxygen atoms in total. The Morgan fingerprint density at radius 2 is 1.76 bits per heavy atom. The van der Waals surface area contributed by atoms with E-state index in [9.17, 15) is 13.2 Å². The molecule has 10 heteroatoms. The molecule has 3 aromatic carbocycles. The zero-order chi connectivity index (χ0) is 26.4. The summed E-state index contributed by atoms with van der Waals surface area (Å²) < 4.78 is 32.9. The first kappa shape index (κ1) is 26.6. The molecule has 37 heavy (non-hydrogen) atoms. The van der Waals surface area contributed by atoms with Crippen LogP contribution < -0.4 is 14.8 Å². The van der Waals surface area contributed by atoms with Crippen molar-refractivity contribution in [2.75, 3.05) is 18.2 Å². The summed E-state index contributed by atoms with van der Waals surface area (Å²) >= 11 is 1.30. The molecule has 4 rings (SSSR count). The van der Waals surface area contributed by atoms with Gasteiger partial charge in [-0.05, 0) is 55.8 Å². The number of thioether (sulfide) groups is 1. The van der Waals surface area contributed by atoms with Crippen LogP contribution >= 0.6 is 11.8 Å². The van der Waals surface area contributed by atoms with Crippen LogP contribution in [0.3, 0.4) is 0 Å². The Hall–Kier alpha value is -3.47. The Balaban J connectivity index is 1.50. The molecule has 0 radical (unpaired) electrons. The van der Waals surface area contributed by atoms with Crippen LogP contribution in [-0.4, -0.2) is 43.2 Å². The lowest BCUT2D eigenvalue weighted by Gasteiger charge is -2.13. The second kappa shape index (κ2) is 11.7. The molecule has 0 unspecified atom stereocenters. The number of nitrogens with zero attached hydrogens (tertiary/aromatic N) is 2. The highest BCUT2D eigenvalue weighted by Crippen LogP contribution is 2.31. The van der Waals surface area contributed by atoms with E-state index in [0.29, 0.717) is 28.7 Å². The molecule has 0 fully saturated rings. The van der Waals surface area contributed by atoms with Gasteiger partial charge in [0.15, 0.2) is 5.82 Å². The van der Waals surface area contributed by atoms with E-state index in [4.69, 9.17) is 14.7 Å². The summed E-state index contributed by atoms with van der Waals surface area (Å²) in [6, 6.07) is 21.2. The number of carbonyl (C=O) groups is 1. The fourth-order valence-electron chi connectivity index (χ4n) is 3.50. The maximum atomic E-state index is 12.7. The average Bonchev–Trinajstić information content (AvgIpc) is 2.91. The lowest BCUT2D eigenvalue weighted by Crippen LogP contribution is -2.31. The van der Waals surface area contributed by atoms with E-state index in [-0.39, 0.29) is 22.6 Å². The zero-order valence-corrected chi connectivity index (χ0v) is 22.4. The number of anilines is 1. The zero-order valence-electron chi connectivity index (χ0n) is 20.8. The smallest absolute Gasteiger partial charge is 0.240 e. The van der Waals surface area contributed by atoms with Gasteiger partial charge in [-0.15, -0.1) is 0 Å². The van der Waals surface area contributed by atoms with Gasteiger partial charge in [-0.25, -0.2) is 23.1 Å². The Bertz CT molecular complexity index is 1490. The molecular weight excluding hydrogens is 508 g/mol. The molecule has 0 aliphatic heterocycles. The van der Waals surface area contributed by atoms with Crippen LogP contribution in [0.25, 0.3) is 22.3 Å². The van der Waals surface area contributed by atoms with Gasteiger partial charge in [0.05, 0.1) is 23.3 Å². The summed E-state index contributed by atoms with van der Waals surface area (Å²) in [7, 11) is -2.01. The summed E-state index contributed by atoms with van der Waals surface area (Å²) in [5, 5.41) is 4.27. The van der Waals surface area contributed by atoms with Crippen molar-refractivity contribution in [1.82, 2.24) is 14.7 Å². The molecular formula is C27H28N4O4S2. The first-order valence-corrected chi connectivity index (χ1v) is 14.2. The number of nitrogens with one attached hydrogen (secondary N) is 2. The van der Waals surface area contributed by atoms with Crippen LogP contribution in [0.2, 0.25) is 0 Å². The minimum Gasteiger partial charge on any atom is -0.497 e. The number of methoxy groups -OCH3 is 1. The molecule has 192 valence electrons. The van der Waals surface area contributed by atoms with E-state index in [1.165, 1.54) is 23.9 Å². The number of ether oxygens (including phenoxy) is 1. The number of amides is 1. The fourth-order valence-corrected chi connectivity index (χ4v) is 5.63. The van der Waals surface area contributed by atoms with Crippen molar-refractivity contribution in [3.63, 3.8) is 0 Å². The SMILES string of the molecule is CC[C@H](C)NS(=O)(=O)c1ccc(NC(=O)CSc2nc(-c3ccccc3)nc3ccc(OC)cc23)cc1. The standard InChI is InChI=1S/C27H28N4O4S2/c1-4-18(2)31-37(33,34)22-13-10-20(11-14-22)28-25(32)17-36-27-23-16-21(35-3)12-15-24(23)29-26(30-27)19-8-6-5-7-9-19/h5-16,18,31H,4,17H2,1-3H3,(H,28,32)/t18-/m0/s1. The third kappa shape index (κ3) is 6.65. The molecule has 0 saturated carbocycles. The van der Waals surface area contributed by atoms with Crippen molar-refractivity contribution < 1.29 is 17.9 Å². The van der Waals surface area contributed by atoms with Gasteiger partial charge in [0.25, 0.3) is 0 Å². The summed E-state index contributed by atoms with van der Waals surface area (Å²) in [6.45, 7) is 3.72. The number of hydrogen-bond donors (Lipinski definition) is 2. The lowest BCUT2D eigenvalue weighted by atomic mass is 10.2. The first-order chi connectivity index (χ1) is 17.8. The van der Waals surface area contributed by atoms with Crippen molar-refractivity contribution in [1.29, 1.82) is 0 Å². The van der Waals surface area contributed by atoms with Crippen LogP contribution in [0.5, 0.6) is 5.75 Å². The normalized spacial score (nSPS) is 12.3. The van der Waals surface area contributed by atoms with E-state index >= 15 is 0 Å². The van der Waals surface area contributed by atoms with E-state index < -0.39 is 10.0 Å². The van der Waals surface area contributed by atoms with Gasteiger partial charge in [-0.2, -0.15) is 0 Å². The molecule has 1 atom stereocenters. The summed E-state index contributed by atoms with van der Waals surface area (Å²) in [4.78, 5) is 22.3. The lowest BCUT2D eigenvalue weighted by molar-refractivity contribution is -0.113. The highest BCUT2D eigenvalue weighted by Gasteiger charge is 2.17. The first-order valence-electron chi connectivity index (χ1n) is 11.8. The highest BCUT2D eigenvalue weighted by molar-refractivity contribution is 8.00. The Morgan fingerprint density at radius 3 is 2.43 bits per heavy atom. The van der Waals surface area contributed by atoms with Gasteiger partial charge in [-0.3, -0.25) is 4.79 Å². The van der Waals surface area contributed by atoms with Crippen molar-refractivity contribution in [2.24, 2.45) is 0 Å². The van der Waals surface area contributed by atoms with Crippen LogP contribution in [0.15, 0.2) is 82.7 Å². The van der Waals surface area contributed by atoms with Gasteiger partial charge in [-0.1, -0.05) is 49.0 Å². The number of aromatic nitrogens is 2. The van der Waals surface area contributed by atoms with Crippen LogP contribution in [0, 0.1) is 0 Å². The van der Waals surface area contributed by atoms with E-state index in [1.54, 1.807) is 19.2 Å². The van der Waals surface area contributed by atoms with E-state index in [1.807, 2.05) is 62.4 Å². The number of sulfonamides is 1. The highest BCUT2D eigenvalue weighted by atomic mass is 32.2. The molecule has 2 N–H and O–H groups in total. The predicted octanol–water partition coefficient (Wildman–Crippen LogP) is 5.11. The van der Waals surface area contributed by atoms with Crippen molar-refractivity contribution >= 4 is 44.3 Å². The van der Waals surface area contributed by atoms with E-state index in [0.717, 1.165) is 16.5 Å². The fraction of sp³-hybridized carbons (Fsp3) is 0.222. The third-order valence-corrected chi connectivity index (χ3v) is 8.25. The maximum absolute atomic E-state index is 12.7. The van der Waals surface area contributed by atoms with E-state index in [2.05, 4.69) is 10.0 Å². The largest absolute Gasteiger partial charge is 0.497 e. The van der Waals surface area contributed by atoms with Crippen molar-refractivity contribution in [3.05, 3.63) is 72.8 Å². The summed E-state index contributed by atoms with van der Waals surface area (Å²) in [6.07, 6.45) is 0.687. The van der Waals surface area contributed by atoms with Crippen LogP contribution in [0.4, 0.5) is 5.69 Å². The number of rotatable bonds is 10. The minimum absolute atomic E-state index is 0.104. The molecule has 0 bridgehead atoms. The number of benzene rings is 3. The van der Waals surface area contributed by atoms with Gasteiger partial charge in [0.2, 0.25) is 15.9 Å². The molecule has 0 aliphatic rings. The van der Waals surface area contributed by atoms with Crippen molar-refractivity contribution in [3.8, 4) is 17.1 Å². The topological polar surface area (TPSA) is 110 Å². The molecule has 1 heterocycles. The molecule has 0 aliphatic carbocycles. The Labute approximate surface area is 220 Å². The molecule has 1 amide bonds. The monoisotopic (exact) mass is 536 g/mol. The second-order valence-corrected chi connectivity index (χ2v) is 11.1. The summed E-state index contributed by atoms with van der Waals surface area (Å²) in [5.41, 5.74) is 2.14. The maximum Gasteiger partial charge on any atom is 0.240 e. The van der Waals surface area contributed by atoms with Gasteiger partial charge in [0.1, 0.15) is 10.8 Å². The van der Waals surface area contributed by atoms with Crippen molar-refractivity contribution in [2.45, 2.75) is 36.2 Å². The Kier molecular flexibility index (Phi) is 8.42. The molecule has 0 saturated heterocycles. The molecule has 1 aromatic heterocycles. The second-order valence-electron chi connectivity index (χ2n) is 8.39. The van der Waals surface area contributed by atoms with Gasteiger partial charge >= 0.3 is 0 Å². The molecule has 0 spiro atoms. The van der Waals surface area contributed by atoms with Gasteiger partial charge in [0, 0.05) is 22.7 Å². The Morgan fingerprint density at radius 1 is 1.03 bits per heavy atom. The van der Waals surface area contributed by atoms with Gasteiger partial charge < -0.3 is 10.1 Å². The third-order valence-electron chi connectivity index (χ3n) is 5.66. The molecule has 4 aromatic rings. The predicted molar refractivity (Wildman–Crippen MR) is 147 cm³/mol. The minimum atomic E-state index is -3.61. The number of hydrogen-bond acceptors (Lipinski definition) is 7. The quantitative estimate of drug-likeness (QED) is 0.214. The average molecular weight is 537 g/mol. The van der Waals surface area contributed by atoms with Crippen LogP contribution in [-0.2, 0) is 14.8 Å².